The van der Waals surface area contributed by atoms with E-state index in [1.807, 2.05) is 24.3 Å². The summed E-state index contributed by atoms with van der Waals surface area (Å²) in [6.07, 6.45) is 3.09. The van der Waals surface area contributed by atoms with Crippen molar-refractivity contribution in [1.29, 1.82) is 0 Å². The standard InChI is InChI=1S/C14H9BrN2O2S/c15-10-5-9(6-16-7-10)14(18)19-8-13-17-11-3-1-2-4-12(11)20-13/h1-7H,8H2. The molecule has 4 nitrogen and oxygen atoms in total. The van der Waals surface area contributed by atoms with Crippen LogP contribution in [0.5, 0.6) is 0 Å². The maximum Gasteiger partial charge on any atom is 0.340 e. The van der Waals surface area contributed by atoms with E-state index in [9.17, 15) is 4.79 Å². The van der Waals surface area contributed by atoms with Crippen LogP contribution in [0.1, 0.15) is 15.4 Å². The van der Waals surface area contributed by atoms with Crippen molar-refractivity contribution in [3.05, 3.63) is 57.8 Å². The summed E-state index contributed by atoms with van der Waals surface area (Å²) in [5, 5.41) is 0.780. The lowest BCUT2D eigenvalue weighted by molar-refractivity contribution is 0.0472. The van der Waals surface area contributed by atoms with Crippen LogP contribution in [-0.4, -0.2) is 15.9 Å². The van der Waals surface area contributed by atoms with Gasteiger partial charge in [-0.25, -0.2) is 9.78 Å². The van der Waals surface area contributed by atoms with Gasteiger partial charge in [-0.3, -0.25) is 4.98 Å². The number of benzene rings is 1. The first-order chi connectivity index (χ1) is 9.72. The SMILES string of the molecule is O=C(OCc1nc2ccccc2s1)c1cncc(Br)c1. The third-order valence-electron chi connectivity index (χ3n) is 2.61. The molecule has 0 aliphatic rings. The first kappa shape index (κ1) is 13.2. The molecule has 100 valence electrons. The molecule has 3 aromatic rings. The quantitative estimate of drug-likeness (QED) is 0.675. The van der Waals surface area contributed by atoms with Crippen LogP contribution in [0.25, 0.3) is 10.2 Å². The number of rotatable bonds is 3. The molecule has 2 heterocycles. The topological polar surface area (TPSA) is 52.1 Å². The summed E-state index contributed by atoms with van der Waals surface area (Å²) in [5.74, 6) is -0.405. The fourth-order valence-electron chi connectivity index (χ4n) is 1.72. The number of pyridine rings is 1. The molecule has 0 aliphatic heterocycles. The number of hydrogen-bond acceptors (Lipinski definition) is 5. The summed E-state index contributed by atoms with van der Waals surface area (Å²) in [6.45, 7) is 0.171. The number of fused-ring (bicyclic) bond motifs is 1. The van der Waals surface area contributed by atoms with Gasteiger partial charge in [-0.15, -0.1) is 11.3 Å². The van der Waals surface area contributed by atoms with Gasteiger partial charge in [-0.05, 0) is 34.1 Å². The Kier molecular flexibility index (Phi) is 3.75. The summed E-state index contributed by atoms with van der Waals surface area (Å²) in [6, 6.07) is 9.51. The highest BCUT2D eigenvalue weighted by Gasteiger charge is 2.10. The molecule has 1 aromatic carbocycles. The zero-order chi connectivity index (χ0) is 13.9. The molecule has 0 atom stereocenters. The lowest BCUT2D eigenvalue weighted by Crippen LogP contribution is -2.05. The van der Waals surface area contributed by atoms with Crippen LogP contribution in [0.4, 0.5) is 0 Å². The van der Waals surface area contributed by atoms with E-state index < -0.39 is 5.97 Å². The van der Waals surface area contributed by atoms with Crippen molar-refractivity contribution in [2.75, 3.05) is 0 Å². The molecule has 3 rings (SSSR count). The van der Waals surface area contributed by atoms with Crippen LogP contribution in [0.2, 0.25) is 0 Å². The van der Waals surface area contributed by atoms with Crippen LogP contribution in [-0.2, 0) is 11.3 Å². The van der Waals surface area contributed by atoms with Crippen molar-refractivity contribution in [3.63, 3.8) is 0 Å². The summed E-state index contributed by atoms with van der Waals surface area (Å²) >= 11 is 4.79. The van der Waals surface area contributed by atoms with E-state index in [1.165, 1.54) is 17.5 Å². The second-order valence-corrected chi connectivity index (χ2v) is 6.07. The second-order valence-electron chi connectivity index (χ2n) is 4.04. The van der Waals surface area contributed by atoms with Gasteiger partial charge in [0.25, 0.3) is 0 Å². The smallest absolute Gasteiger partial charge is 0.340 e. The van der Waals surface area contributed by atoms with E-state index >= 15 is 0 Å². The Bertz CT molecular complexity index is 739. The van der Waals surface area contributed by atoms with Crippen molar-refractivity contribution >= 4 is 43.5 Å². The number of para-hydroxylation sites is 1. The van der Waals surface area contributed by atoms with Gasteiger partial charge >= 0.3 is 5.97 Å². The van der Waals surface area contributed by atoms with Crippen molar-refractivity contribution in [3.8, 4) is 0 Å². The molecule has 0 aliphatic carbocycles. The van der Waals surface area contributed by atoms with E-state index in [0.29, 0.717) is 5.56 Å². The number of aromatic nitrogens is 2. The molecule has 0 saturated carbocycles. The van der Waals surface area contributed by atoms with Gasteiger partial charge in [-0.2, -0.15) is 0 Å². The van der Waals surface area contributed by atoms with Gasteiger partial charge in [0, 0.05) is 16.9 Å². The van der Waals surface area contributed by atoms with Gasteiger partial charge in [-0.1, -0.05) is 12.1 Å². The Balaban J connectivity index is 1.71. The highest BCUT2D eigenvalue weighted by molar-refractivity contribution is 9.10. The molecule has 2 aromatic heterocycles. The second kappa shape index (κ2) is 5.68. The minimum absolute atomic E-state index is 0.171. The largest absolute Gasteiger partial charge is 0.455 e. The highest BCUT2D eigenvalue weighted by atomic mass is 79.9. The molecule has 0 bridgehead atoms. The van der Waals surface area contributed by atoms with Gasteiger partial charge in [0.15, 0.2) is 0 Å². The van der Waals surface area contributed by atoms with Crippen molar-refractivity contribution < 1.29 is 9.53 Å². The van der Waals surface area contributed by atoms with Gasteiger partial charge in [0.1, 0.15) is 11.6 Å². The summed E-state index contributed by atoms with van der Waals surface area (Å²) in [4.78, 5) is 20.2. The predicted octanol–water partition coefficient (Wildman–Crippen LogP) is 3.81. The van der Waals surface area contributed by atoms with Crippen molar-refractivity contribution in [1.82, 2.24) is 9.97 Å². The number of carbonyl (C=O) groups is 1. The first-order valence-corrected chi connectivity index (χ1v) is 7.45. The number of halogens is 1. The molecule has 0 unspecified atom stereocenters. The van der Waals surface area contributed by atoms with E-state index in [-0.39, 0.29) is 6.61 Å². The minimum atomic E-state index is -0.405. The normalized spacial score (nSPS) is 10.7. The zero-order valence-electron chi connectivity index (χ0n) is 10.2. The fraction of sp³-hybridized carbons (Fsp3) is 0.0714. The molecule has 0 N–H and O–H groups in total. The van der Waals surface area contributed by atoms with Crippen molar-refractivity contribution in [2.24, 2.45) is 0 Å². The predicted molar refractivity (Wildman–Crippen MR) is 80.7 cm³/mol. The van der Waals surface area contributed by atoms with E-state index in [2.05, 4.69) is 25.9 Å². The zero-order valence-corrected chi connectivity index (χ0v) is 12.6. The maximum absolute atomic E-state index is 11.9. The third kappa shape index (κ3) is 2.86. The Morgan fingerprint density at radius 3 is 2.95 bits per heavy atom. The van der Waals surface area contributed by atoms with Gasteiger partial charge in [0.2, 0.25) is 0 Å². The molecule has 6 heteroatoms. The molecular weight excluding hydrogens is 340 g/mol. The van der Waals surface area contributed by atoms with E-state index in [1.54, 1.807) is 12.3 Å². The first-order valence-electron chi connectivity index (χ1n) is 5.84. The average Bonchev–Trinajstić information content (AvgIpc) is 2.87. The van der Waals surface area contributed by atoms with Gasteiger partial charge < -0.3 is 4.74 Å². The van der Waals surface area contributed by atoms with Crippen LogP contribution >= 0.6 is 27.3 Å². The van der Waals surface area contributed by atoms with Crippen LogP contribution in [0, 0.1) is 0 Å². The lowest BCUT2D eigenvalue weighted by Gasteiger charge is -2.02. The molecule has 0 spiro atoms. The molecular formula is C14H9BrN2O2S. The molecule has 0 radical (unpaired) electrons. The van der Waals surface area contributed by atoms with Crippen LogP contribution in [0.3, 0.4) is 0 Å². The van der Waals surface area contributed by atoms with E-state index in [0.717, 1.165) is 19.7 Å². The monoisotopic (exact) mass is 348 g/mol. The maximum atomic E-state index is 11.9. The van der Waals surface area contributed by atoms with Crippen molar-refractivity contribution in [2.45, 2.75) is 6.61 Å². The molecule has 0 amide bonds. The summed E-state index contributed by atoms with van der Waals surface area (Å²) in [7, 11) is 0. The summed E-state index contributed by atoms with van der Waals surface area (Å²) in [5.41, 5.74) is 1.34. The highest BCUT2D eigenvalue weighted by Crippen LogP contribution is 2.22. The summed E-state index contributed by atoms with van der Waals surface area (Å²) < 4.78 is 7.08. The number of carbonyl (C=O) groups excluding carboxylic acids is 1. The Morgan fingerprint density at radius 1 is 1.30 bits per heavy atom. The Labute approximate surface area is 127 Å². The lowest BCUT2D eigenvalue weighted by atomic mass is 10.3. The van der Waals surface area contributed by atoms with Gasteiger partial charge in [0.05, 0.1) is 15.8 Å². The minimum Gasteiger partial charge on any atom is -0.455 e. The fourth-order valence-corrected chi connectivity index (χ4v) is 2.96. The van der Waals surface area contributed by atoms with Crippen LogP contribution < -0.4 is 0 Å². The number of thiazole rings is 1. The molecule has 0 saturated heterocycles. The van der Waals surface area contributed by atoms with Crippen LogP contribution in [0.15, 0.2) is 47.2 Å². The Hall–Kier alpha value is -1.79. The molecule has 0 fully saturated rings. The van der Waals surface area contributed by atoms with E-state index in [4.69, 9.17) is 4.74 Å². The number of nitrogens with zero attached hydrogens (tertiary/aromatic N) is 2. The number of ether oxygens (including phenoxy) is 1. The molecule has 20 heavy (non-hydrogen) atoms. The number of esters is 1. The third-order valence-corrected chi connectivity index (χ3v) is 4.05. The Morgan fingerprint density at radius 2 is 2.15 bits per heavy atom. The number of hydrogen-bond donors (Lipinski definition) is 0. The average molecular weight is 349 g/mol.